The van der Waals surface area contributed by atoms with Gasteiger partial charge in [-0.3, -0.25) is 4.79 Å². The van der Waals surface area contributed by atoms with Crippen molar-refractivity contribution in [2.45, 2.75) is 49.8 Å². The van der Waals surface area contributed by atoms with Gasteiger partial charge in [0.05, 0.1) is 12.0 Å². The SMILES string of the molecule is COc1ccc2[nH]cc(C3CCN(C(=O)c4cc(S(=O)(=O)N5CCCCC5)ccc4C)CC3)c2c1. The summed E-state index contributed by atoms with van der Waals surface area (Å²) in [5.74, 6) is 1.10. The number of H-pyrrole nitrogens is 1. The number of nitrogens with one attached hydrogen (secondary N) is 1. The molecule has 2 saturated heterocycles. The molecule has 2 aliphatic heterocycles. The van der Waals surface area contributed by atoms with Crippen molar-refractivity contribution in [2.75, 3.05) is 33.3 Å². The van der Waals surface area contributed by atoms with Gasteiger partial charge in [0.25, 0.3) is 5.91 Å². The quantitative estimate of drug-likeness (QED) is 0.557. The van der Waals surface area contributed by atoms with Crippen LogP contribution in [0.15, 0.2) is 47.5 Å². The molecule has 1 N–H and O–H groups in total. The van der Waals surface area contributed by atoms with Crippen LogP contribution in [-0.4, -0.2) is 61.8 Å². The van der Waals surface area contributed by atoms with Gasteiger partial charge in [0.2, 0.25) is 10.0 Å². The van der Waals surface area contributed by atoms with Crippen molar-refractivity contribution in [2.24, 2.45) is 0 Å². The van der Waals surface area contributed by atoms with Crippen LogP contribution in [0.5, 0.6) is 5.75 Å². The van der Waals surface area contributed by atoms with Gasteiger partial charge in [-0.2, -0.15) is 4.31 Å². The van der Waals surface area contributed by atoms with Crippen molar-refractivity contribution >= 4 is 26.8 Å². The number of aromatic nitrogens is 1. The van der Waals surface area contributed by atoms with E-state index in [0.29, 0.717) is 37.7 Å². The highest BCUT2D eigenvalue weighted by atomic mass is 32.2. The van der Waals surface area contributed by atoms with E-state index in [9.17, 15) is 13.2 Å². The molecule has 35 heavy (non-hydrogen) atoms. The van der Waals surface area contributed by atoms with E-state index < -0.39 is 10.0 Å². The molecule has 0 aliphatic carbocycles. The summed E-state index contributed by atoms with van der Waals surface area (Å²) in [7, 11) is -1.91. The predicted octanol–water partition coefficient (Wildman–Crippen LogP) is 4.68. The molecule has 0 radical (unpaired) electrons. The molecular formula is C27H33N3O4S. The molecule has 1 amide bonds. The smallest absolute Gasteiger partial charge is 0.254 e. The number of piperidine rings is 2. The number of likely N-dealkylation sites (tertiary alicyclic amines) is 1. The van der Waals surface area contributed by atoms with E-state index in [1.54, 1.807) is 29.6 Å². The molecule has 8 heteroatoms. The van der Waals surface area contributed by atoms with E-state index in [0.717, 1.165) is 48.9 Å². The van der Waals surface area contributed by atoms with Crippen molar-refractivity contribution in [1.29, 1.82) is 0 Å². The van der Waals surface area contributed by atoms with E-state index in [1.807, 2.05) is 24.0 Å². The number of methoxy groups -OCH3 is 1. The van der Waals surface area contributed by atoms with Crippen molar-refractivity contribution < 1.29 is 17.9 Å². The molecule has 0 spiro atoms. The summed E-state index contributed by atoms with van der Waals surface area (Å²) in [6, 6.07) is 11.0. The highest BCUT2D eigenvalue weighted by Crippen LogP contribution is 2.35. The fourth-order valence-electron chi connectivity index (χ4n) is 5.40. The van der Waals surface area contributed by atoms with E-state index in [4.69, 9.17) is 4.74 Å². The van der Waals surface area contributed by atoms with Gasteiger partial charge in [-0.25, -0.2) is 8.42 Å². The van der Waals surface area contributed by atoms with E-state index in [-0.39, 0.29) is 10.8 Å². The van der Waals surface area contributed by atoms with Crippen LogP contribution in [0.25, 0.3) is 10.9 Å². The molecule has 1 aromatic heterocycles. The number of sulfonamides is 1. The molecule has 2 aromatic carbocycles. The number of fused-ring (bicyclic) bond motifs is 1. The zero-order valence-electron chi connectivity index (χ0n) is 20.4. The summed E-state index contributed by atoms with van der Waals surface area (Å²) in [5, 5.41) is 1.17. The number of carbonyl (C=O) groups is 1. The minimum atomic E-state index is -3.58. The maximum Gasteiger partial charge on any atom is 0.254 e. The number of benzene rings is 2. The number of rotatable bonds is 5. The van der Waals surface area contributed by atoms with Gasteiger partial charge in [-0.15, -0.1) is 0 Å². The number of aromatic amines is 1. The molecule has 2 aliphatic rings. The average molecular weight is 496 g/mol. The number of carbonyl (C=O) groups excluding carboxylic acids is 1. The molecule has 3 heterocycles. The lowest BCUT2D eigenvalue weighted by molar-refractivity contribution is 0.0712. The Morgan fingerprint density at radius 3 is 2.46 bits per heavy atom. The van der Waals surface area contributed by atoms with Crippen molar-refractivity contribution in [1.82, 2.24) is 14.2 Å². The second-order valence-corrected chi connectivity index (χ2v) is 11.6. The number of hydrogen-bond donors (Lipinski definition) is 1. The Bertz CT molecular complexity index is 1330. The Hall–Kier alpha value is -2.84. The fraction of sp³-hybridized carbons (Fsp3) is 0.444. The summed E-state index contributed by atoms with van der Waals surface area (Å²) < 4.78 is 33.3. The van der Waals surface area contributed by atoms with Gasteiger partial charge < -0.3 is 14.6 Å². The van der Waals surface area contributed by atoms with Crippen molar-refractivity contribution in [3.05, 3.63) is 59.3 Å². The standard InChI is InChI=1S/C27H33N3O4S/c1-19-6-8-22(35(32,33)30-12-4-3-5-13-30)17-23(19)27(31)29-14-10-20(11-15-29)25-18-28-26-9-7-21(34-2)16-24(25)26/h6-9,16-18,20,28H,3-5,10-15H2,1-2H3. The molecule has 5 rings (SSSR count). The Balaban J connectivity index is 1.32. The molecule has 186 valence electrons. The van der Waals surface area contributed by atoms with Crippen LogP contribution in [0.2, 0.25) is 0 Å². The normalized spacial score (nSPS) is 18.2. The third-order valence-corrected chi connectivity index (χ3v) is 9.43. The molecule has 0 unspecified atom stereocenters. The van der Waals surface area contributed by atoms with Gasteiger partial charge >= 0.3 is 0 Å². The summed E-state index contributed by atoms with van der Waals surface area (Å²) in [6.07, 6.45) is 6.63. The molecule has 0 bridgehead atoms. The van der Waals surface area contributed by atoms with Gasteiger partial charge in [0, 0.05) is 48.8 Å². The zero-order chi connectivity index (χ0) is 24.6. The van der Waals surface area contributed by atoms with Crippen LogP contribution in [0.3, 0.4) is 0 Å². The first-order valence-corrected chi connectivity index (χ1v) is 13.9. The molecule has 0 atom stereocenters. The van der Waals surface area contributed by atoms with Crippen LogP contribution in [0, 0.1) is 6.92 Å². The first-order chi connectivity index (χ1) is 16.9. The Morgan fingerprint density at radius 1 is 1.00 bits per heavy atom. The maximum absolute atomic E-state index is 13.5. The second-order valence-electron chi connectivity index (χ2n) is 9.66. The first kappa shape index (κ1) is 23.9. The fourth-order valence-corrected chi connectivity index (χ4v) is 6.94. The summed E-state index contributed by atoms with van der Waals surface area (Å²) in [5.41, 5.74) is 3.63. The third-order valence-electron chi connectivity index (χ3n) is 7.54. The Kier molecular flexibility index (Phi) is 6.59. The lowest BCUT2D eigenvalue weighted by Gasteiger charge is -2.32. The van der Waals surface area contributed by atoms with Gasteiger partial charge in [0.15, 0.2) is 0 Å². The van der Waals surface area contributed by atoms with Gasteiger partial charge in [0.1, 0.15) is 5.75 Å². The minimum absolute atomic E-state index is 0.0859. The van der Waals surface area contributed by atoms with Gasteiger partial charge in [-0.05, 0) is 80.0 Å². The Labute approximate surface area is 207 Å². The third kappa shape index (κ3) is 4.57. The van der Waals surface area contributed by atoms with Crippen LogP contribution >= 0.6 is 0 Å². The number of ether oxygens (including phenoxy) is 1. The summed E-state index contributed by atoms with van der Waals surface area (Å²) >= 11 is 0. The number of hydrogen-bond acceptors (Lipinski definition) is 4. The molecule has 7 nitrogen and oxygen atoms in total. The summed E-state index contributed by atoms with van der Waals surface area (Å²) in [4.78, 5) is 18.9. The van der Waals surface area contributed by atoms with Crippen LogP contribution < -0.4 is 4.74 Å². The second kappa shape index (κ2) is 9.66. The number of amides is 1. The maximum atomic E-state index is 13.5. The predicted molar refractivity (Wildman–Crippen MR) is 137 cm³/mol. The monoisotopic (exact) mass is 495 g/mol. The van der Waals surface area contributed by atoms with Crippen LogP contribution in [-0.2, 0) is 10.0 Å². The van der Waals surface area contributed by atoms with E-state index in [2.05, 4.69) is 17.2 Å². The van der Waals surface area contributed by atoms with Crippen LogP contribution in [0.1, 0.15) is 59.5 Å². The lowest BCUT2D eigenvalue weighted by atomic mass is 9.89. The Morgan fingerprint density at radius 2 is 1.74 bits per heavy atom. The van der Waals surface area contributed by atoms with Crippen molar-refractivity contribution in [3.8, 4) is 5.75 Å². The van der Waals surface area contributed by atoms with Crippen molar-refractivity contribution in [3.63, 3.8) is 0 Å². The van der Waals surface area contributed by atoms with E-state index >= 15 is 0 Å². The molecule has 3 aromatic rings. The molecular weight excluding hydrogens is 462 g/mol. The zero-order valence-corrected chi connectivity index (χ0v) is 21.2. The van der Waals surface area contributed by atoms with Crippen LogP contribution in [0.4, 0.5) is 0 Å². The number of aryl methyl sites for hydroxylation is 1. The summed E-state index contributed by atoms with van der Waals surface area (Å²) in [6.45, 7) is 4.25. The largest absolute Gasteiger partial charge is 0.497 e. The average Bonchev–Trinajstić information content (AvgIpc) is 3.32. The minimum Gasteiger partial charge on any atom is -0.497 e. The highest BCUT2D eigenvalue weighted by Gasteiger charge is 2.30. The number of nitrogens with zero attached hydrogens (tertiary/aromatic N) is 2. The molecule has 2 fully saturated rings. The van der Waals surface area contributed by atoms with Gasteiger partial charge in [-0.1, -0.05) is 12.5 Å². The molecule has 0 saturated carbocycles. The van der Waals surface area contributed by atoms with E-state index in [1.165, 1.54) is 10.9 Å². The first-order valence-electron chi connectivity index (χ1n) is 12.4. The topological polar surface area (TPSA) is 82.7 Å². The lowest BCUT2D eigenvalue weighted by Crippen LogP contribution is -2.38. The highest BCUT2D eigenvalue weighted by molar-refractivity contribution is 7.89.